The number of hydrogen-bond donors (Lipinski definition) is 5. The van der Waals surface area contributed by atoms with E-state index in [0.29, 0.717) is 30.0 Å². The van der Waals surface area contributed by atoms with Crippen LogP contribution in [0.1, 0.15) is 57.0 Å². The summed E-state index contributed by atoms with van der Waals surface area (Å²) in [5.41, 5.74) is 1.78. The number of thioether (sulfide) groups is 1. The third kappa shape index (κ3) is 7.90. The van der Waals surface area contributed by atoms with Crippen molar-refractivity contribution in [1.29, 1.82) is 0 Å². The topological polar surface area (TPSA) is 140 Å². The third-order valence-electron chi connectivity index (χ3n) is 7.38. The molecule has 4 amide bonds. The van der Waals surface area contributed by atoms with Gasteiger partial charge >= 0.3 is 0 Å². The summed E-state index contributed by atoms with van der Waals surface area (Å²) < 4.78 is 15.7. The average Bonchev–Trinajstić information content (AvgIpc) is 3.74. The van der Waals surface area contributed by atoms with E-state index in [1.165, 1.54) is 55.4 Å². The van der Waals surface area contributed by atoms with E-state index in [1.54, 1.807) is 29.3 Å². The number of H-pyrrole nitrogens is 1. The number of carbonyl (C=O) groups excluding carboxylic acids is 4. The molecule has 2 aliphatic heterocycles. The van der Waals surface area contributed by atoms with Crippen LogP contribution >= 0.6 is 23.4 Å². The van der Waals surface area contributed by atoms with Gasteiger partial charge in [0.2, 0.25) is 5.91 Å². The number of piperidine rings is 1. The summed E-state index contributed by atoms with van der Waals surface area (Å²) in [4.78, 5) is 56.0. The van der Waals surface area contributed by atoms with Crippen LogP contribution in [0.3, 0.4) is 0 Å². The largest absolute Gasteiger partial charge is 0.355 e. The van der Waals surface area contributed by atoms with Crippen molar-refractivity contribution in [2.45, 2.75) is 30.9 Å². The standard InChI is InChI=1S/C30H33ClFN7O4S/c1-38-16-20(13-25(38)29(42)33-7-10-39-8-3-2-4-9-39)36-30(43)26-14-21(17-44-26)37-28(41)24-12-19(15-34-24)35-27(40)22-6-5-18(31)11-23(22)32/h5-6,11-13,15-17,26,34H,2-4,7-10,14H2,1H3,(H,33,42)(H,35,40)(H,36,43)(H,37,41). The van der Waals surface area contributed by atoms with Gasteiger partial charge in [0.05, 0.1) is 22.2 Å². The maximum Gasteiger partial charge on any atom is 0.271 e. The maximum absolute atomic E-state index is 14.0. The number of carbonyl (C=O) groups is 4. The highest BCUT2D eigenvalue weighted by Gasteiger charge is 2.27. The van der Waals surface area contributed by atoms with Crippen LogP contribution < -0.4 is 21.3 Å². The van der Waals surface area contributed by atoms with Crippen LogP contribution in [0.15, 0.2) is 53.8 Å². The van der Waals surface area contributed by atoms with Crippen molar-refractivity contribution in [3.8, 4) is 0 Å². The van der Waals surface area contributed by atoms with Gasteiger partial charge in [0, 0.05) is 49.7 Å². The number of hydrogen-bond acceptors (Lipinski definition) is 6. The molecule has 0 aliphatic carbocycles. The van der Waals surface area contributed by atoms with Gasteiger partial charge in [0.15, 0.2) is 0 Å². The van der Waals surface area contributed by atoms with Crippen LogP contribution in [0.2, 0.25) is 5.02 Å². The number of anilines is 2. The van der Waals surface area contributed by atoms with E-state index in [0.717, 1.165) is 25.7 Å². The molecular weight excluding hydrogens is 609 g/mol. The van der Waals surface area contributed by atoms with Gasteiger partial charge < -0.3 is 35.7 Å². The fourth-order valence-corrected chi connectivity index (χ4v) is 6.16. The fourth-order valence-electron chi connectivity index (χ4n) is 5.06. The SMILES string of the molecule is Cn1cc(NC(=O)C2CC(NC(=O)c3cc(NC(=O)c4ccc(Cl)cc4F)c[nH]3)=CS2)cc1C(=O)NCCN1CCCCC1. The third-order valence-corrected chi connectivity index (χ3v) is 8.74. The molecule has 1 fully saturated rings. The molecule has 1 saturated heterocycles. The molecule has 0 saturated carbocycles. The second-order valence-electron chi connectivity index (χ2n) is 10.7. The molecule has 1 unspecified atom stereocenters. The number of aryl methyl sites for hydroxylation is 1. The first-order valence-corrected chi connectivity index (χ1v) is 15.6. The van der Waals surface area contributed by atoms with Crippen LogP contribution in [0.4, 0.5) is 15.8 Å². The molecule has 232 valence electrons. The Kier molecular flexibility index (Phi) is 10.1. The molecule has 5 N–H and O–H groups in total. The van der Waals surface area contributed by atoms with Crippen LogP contribution in [0.5, 0.6) is 0 Å². The van der Waals surface area contributed by atoms with Crippen molar-refractivity contribution < 1.29 is 23.6 Å². The first-order chi connectivity index (χ1) is 21.2. The van der Waals surface area contributed by atoms with Gasteiger partial charge in [-0.25, -0.2) is 4.39 Å². The molecule has 4 heterocycles. The minimum atomic E-state index is -0.760. The van der Waals surface area contributed by atoms with E-state index >= 15 is 0 Å². The summed E-state index contributed by atoms with van der Waals surface area (Å²) in [5.74, 6) is -2.36. The van der Waals surface area contributed by atoms with Gasteiger partial charge in [-0.05, 0) is 61.7 Å². The molecule has 1 atom stereocenters. The Morgan fingerprint density at radius 3 is 2.57 bits per heavy atom. The van der Waals surface area contributed by atoms with E-state index in [-0.39, 0.29) is 33.8 Å². The minimum absolute atomic E-state index is 0.168. The number of benzene rings is 1. The zero-order chi connectivity index (χ0) is 31.2. The van der Waals surface area contributed by atoms with Gasteiger partial charge in [-0.1, -0.05) is 18.0 Å². The first kappa shape index (κ1) is 31.4. The highest BCUT2D eigenvalue weighted by Crippen LogP contribution is 2.30. The maximum atomic E-state index is 14.0. The predicted octanol–water partition coefficient (Wildman–Crippen LogP) is 4.33. The van der Waals surface area contributed by atoms with E-state index in [2.05, 4.69) is 31.2 Å². The first-order valence-electron chi connectivity index (χ1n) is 14.2. The molecule has 0 bridgehead atoms. The summed E-state index contributed by atoms with van der Waals surface area (Å²) >= 11 is 7.02. The zero-order valence-electron chi connectivity index (χ0n) is 24.0. The molecule has 44 heavy (non-hydrogen) atoms. The number of nitrogens with zero attached hydrogens (tertiary/aromatic N) is 2. The molecule has 1 aromatic carbocycles. The van der Waals surface area contributed by atoms with Crippen LogP contribution in [0, 0.1) is 5.82 Å². The lowest BCUT2D eigenvalue weighted by atomic mass is 10.1. The number of aromatic amines is 1. The second-order valence-corrected chi connectivity index (χ2v) is 12.2. The van der Waals surface area contributed by atoms with Gasteiger partial charge in [0.1, 0.15) is 17.2 Å². The quantitative estimate of drug-likeness (QED) is 0.223. The molecule has 3 aromatic rings. The molecule has 5 rings (SSSR count). The number of rotatable bonds is 10. The Bertz CT molecular complexity index is 1600. The molecule has 2 aromatic heterocycles. The van der Waals surface area contributed by atoms with Crippen molar-refractivity contribution in [2.75, 3.05) is 36.8 Å². The lowest BCUT2D eigenvalue weighted by molar-refractivity contribution is -0.115. The van der Waals surface area contributed by atoms with Crippen LogP contribution in [-0.4, -0.2) is 69.5 Å². The lowest BCUT2D eigenvalue weighted by Crippen LogP contribution is -2.38. The van der Waals surface area contributed by atoms with E-state index < -0.39 is 22.9 Å². The summed E-state index contributed by atoms with van der Waals surface area (Å²) in [6, 6.07) is 6.79. The summed E-state index contributed by atoms with van der Waals surface area (Å²) in [6.45, 7) is 3.51. The Morgan fingerprint density at radius 2 is 1.80 bits per heavy atom. The number of amides is 4. The number of halogens is 2. The Balaban J connectivity index is 1.07. The zero-order valence-corrected chi connectivity index (χ0v) is 25.6. The van der Waals surface area contributed by atoms with Gasteiger partial charge in [0.25, 0.3) is 17.7 Å². The van der Waals surface area contributed by atoms with Crippen molar-refractivity contribution in [1.82, 2.24) is 25.1 Å². The smallest absolute Gasteiger partial charge is 0.271 e. The summed E-state index contributed by atoms with van der Waals surface area (Å²) in [6.07, 6.45) is 7.05. The summed E-state index contributed by atoms with van der Waals surface area (Å²) in [7, 11) is 1.75. The van der Waals surface area contributed by atoms with E-state index in [9.17, 15) is 23.6 Å². The number of aromatic nitrogens is 2. The Hall–Kier alpha value is -4.07. The average molecular weight is 642 g/mol. The summed E-state index contributed by atoms with van der Waals surface area (Å²) in [5, 5.41) is 12.5. The predicted molar refractivity (Wildman–Crippen MR) is 168 cm³/mol. The fraction of sp³-hybridized carbons (Fsp3) is 0.333. The molecule has 2 aliphatic rings. The minimum Gasteiger partial charge on any atom is -0.355 e. The van der Waals surface area contributed by atoms with E-state index in [1.807, 2.05) is 0 Å². The number of allylic oxidation sites excluding steroid dienone is 1. The molecule has 14 heteroatoms. The highest BCUT2D eigenvalue weighted by molar-refractivity contribution is 8.03. The molecule has 0 spiro atoms. The number of likely N-dealkylation sites (tertiary alicyclic amines) is 1. The van der Waals surface area contributed by atoms with Gasteiger partial charge in [-0.15, -0.1) is 11.8 Å². The highest BCUT2D eigenvalue weighted by atomic mass is 35.5. The number of nitrogens with one attached hydrogen (secondary N) is 5. The normalized spacial score (nSPS) is 16.7. The second kappa shape index (κ2) is 14.1. The van der Waals surface area contributed by atoms with Crippen molar-refractivity contribution >= 4 is 58.4 Å². The monoisotopic (exact) mass is 641 g/mol. The van der Waals surface area contributed by atoms with Crippen molar-refractivity contribution in [2.24, 2.45) is 7.05 Å². The lowest BCUT2D eigenvalue weighted by Gasteiger charge is -2.26. The van der Waals surface area contributed by atoms with Crippen LogP contribution in [0.25, 0.3) is 0 Å². The van der Waals surface area contributed by atoms with Crippen LogP contribution in [-0.2, 0) is 11.8 Å². The Labute approximate surface area is 263 Å². The van der Waals surface area contributed by atoms with Gasteiger partial charge in [-0.3, -0.25) is 19.2 Å². The molecular formula is C30H33ClFN7O4S. The molecule has 11 nitrogen and oxygen atoms in total. The Morgan fingerprint density at radius 1 is 1.00 bits per heavy atom. The molecule has 0 radical (unpaired) electrons. The van der Waals surface area contributed by atoms with E-state index in [4.69, 9.17) is 11.6 Å². The van der Waals surface area contributed by atoms with Crippen molar-refractivity contribution in [3.05, 3.63) is 81.6 Å². The van der Waals surface area contributed by atoms with Crippen molar-refractivity contribution in [3.63, 3.8) is 0 Å². The van der Waals surface area contributed by atoms with Gasteiger partial charge in [-0.2, -0.15) is 0 Å².